The standard InChI is InChI=1S/C24H35FN6O2/c1-2-18(25)14-27-24-28-15-21(23(30-24)29-19-4-6-20(32)7-5-19)22-8-3-17(13-26-22)16-31-9-11-33-12-10-31/h3,8,13,15,18-20,32H,2,4-7,9-12,14,16H2,1H3,(H2,27,28,29,30)/t18-,19?,20?/m0/s1. The molecule has 180 valence electrons. The highest BCUT2D eigenvalue weighted by Crippen LogP contribution is 2.29. The molecule has 0 spiro atoms. The molecule has 2 aliphatic rings. The van der Waals surface area contributed by atoms with Crippen molar-refractivity contribution in [2.75, 3.05) is 43.5 Å². The van der Waals surface area contributed by atoms with Crippen molar-refractivity contribution >= 4 is 11.8 Å². The van der Waals surface area contributed by atoms with Crippen molar-refractivity contribution in [2.45, 2.75) is 63.9 Å². The SMILES string of the molecule is CC[C@H](F)CNc1ncc(-c2ccc(CN3CCOCC3)cn2)c(NC2CCC(O)CC2)n1. The summed E-state index contributed by atoms with van der Waals surface area (Å²) in [5.41, 5.74) is 2.77. The molecule has 3 N–H and O–H groups in total. The lowest BCUT2D eigenvalue weighted by Gasteiger charge is -2.27. The Hall–Kier alpha value is -2.36. The number of aliphatic hydroxyl groups excluding tert-OH is 1. The van der Waals surface area contributed by atoms with Crippen LogP contribution in [0.4, 0.5) is 16.2 Å². The molecule has 2 aromatic heterocycles. The van der Waals surface area contributed by atoms with Crippen LogP contribution in [-0.4, -0.2) is 76.1 Å². The number of rotatable bonds is 9. The first-order valence-corrected chi connectivity index (χ1v) is 12.1. The Balaban J connectivity index is 1.50. The van der Waals surface area contributed by atoms with E-state index in [0.717, 1.165) is 75.4 Å². The van der Waals surface area contributed by atoms with E-state index in [1.807, 2.05) is 19.2 Å². The monoisotopic (exact) mass is 458 g/mol. The molecule has 33 heavy (non-hydrogen) atoms. The van der Waals surface area contributed by atoms with Gasteiger partial charge in [-0.1, -0.05) is 13.0 Å². The minimum atomic E-state index is -0.940. The molecule has 1 aliphatic heterocycles. The molecule has 1 saturated carbocycles. The van der Waals surface area contributed by atoms with Gasteiger partial charge < -0.3 is 20.5 Å². The number of aromatic nitrogens is 3. The number of ether oxygens (including phenoxy) is 1. The van der Waals surface area contributed by atoms with E-state index in [0.29, 0.717) is 18.2 Å². The van der Waals surface area contributed by atoms with Gasteiger partial charge in [0.1, 0.15) is 12.0 Å². The topological polar surface area (TPSA) is 95.4 Å². The largest absolute Gasteiger partial charge is 0.393 e. The average Bonchev–Trinajstić information content (AvgIpc) is 2.85. The van der Waals surface area contributed by atoms with Crippen molar-refractivity contribution in [2.24, 2.45) is 0 Å². The fraction of sp³-hybridized carbons (Fsp3) is 0.625. The van der Waals surface area contributed by atoms with Crippen LogP contribution in [0.25, 0.3) is 11.3 Å². The van der Waals surface area contributed by atoms with E-state index in [9.17, 15) is 9.50 Å². The van der Waals surface area contributed by atoms with Crippen LogP contribution in [-0.2, 0) is 11.3 Å². The molecule has 0 unspecified atom stereocenters. The average molecular weight is 459 g/mol. The number of aliphatic hydroxyl groups is 1. The lowest BCUT2D eigenvalue weighted by molar-refractivity contribution is 0.0341. The van der Waals surface area contributed by atoms with E-state index < -0.39 is 6.17 Å². The normalized spacial score (nSPS) is 22.6. The summed E-state index contributed by atoms with van der Waals surface area (Å²) in [4.78, 5) is 16.1. The number of nitrogens with one attached hydrogen (secondary N) is 2. The van der Waals surface area contributed by atoms with Crippen LogP contribution < -0.4 is 10.6 Å². The summed E-state index contributed by atoms with van der Waals surface area (Å²) in [5.74, 6) is 1.09. The van der Waals surface area contributed by atoms with Crippen LogP contribution in [0.2, 0.25) is 0 Å². The highest BCUT2D eigenvalue weighted by molar-refractivity contribution is 5.73. The molecule has 1 atom stereocenters. The third kappa shape index (κ3) is 6.82. The molecule has 0 radical (unpaired) electrons. The van der Waals surface area contributed by atoms with Crippen molar-refractivity contribution in [3.05, 3.63) is 30.1 Å². The van der Waals surface area contributed by atoms with E-state index in [1.165, 1.54) is 0 Å². The molecule has 1 saturated heterocycles. The highest BCUT2D eigenvalue weighted by Gasteiger charge is 2.22. The summed E-state index contributed by atoms with van der Waals surface area (Å²) < 4.78 is 19.1. The molecule has 0 amide bonds. The number of morpholine rings is 1. The summed E-state index contributed by atoms with van der Waals surface area (Å²) >= 11 is 0. The predicted molar refractivity (Wildman–Crippen MR) is 127 cm³/mol. The Bertz CT molecular complexity index is 870. The van der Waals surface area contributed by atoms with Crippen molar-refractivity contribution in [3.63, 3.8) is 0 Å². The first-order chi connectivity index (χ1) is 16.1. The lowest BCUT2D eigenvalue weighted by Crippen LogP contribution is -2.35. The molecule has 8 nitrogen and oxygen atoms in total. The van der Waals surface area contributed by atoms with Crippen LogP contribution >= 0.6 is 0 Å². The number of pyridine rings is 1. The maximum atomic E-state index is 13.7. The molecule has 2 fully saturated rings. The quantitative estimate of drug-likeness (QED) is 0.527. The van der Waals surface area contributed by atoms with E-state index in [4.69, 9.17) is 9.72 Å². The minimum absolute atomic E-state index is 0.180. The second-order valence-electron chi connectivity index (χ2n) is 8.93. The Labute approximate surface area is 195 Å². The lowest BCUT2D eigenvalue weighted by atomic mass is 9.93. The van der Waals surface area contributed by atoms with Crippen LogP contribution in [0.15, 0.2) is 24.5 Å². The van der Waals surface area contributed by atoms with Gasteiger partial charge in [-0.2, -0.15) is 4.98 Å². The Kier molecular flexibility index (Phi) is 8.41. The van der Waals surface area contributed by atoms with Crippen LogP contribution in [0, 0.1) is 0 Å². The van der Waals surface area contributed by atoms with Gasteiger partial charge in [-0.15, -0.1) is 0 Å². The smallest absolute Gasteiger partial charge is 0.224 e. The Morgan fingerprint density at radius 2 is 1.94 bits per heavy atom. The van der Waals surface area contributed by atoms with E-state index in [-0.39, 0.29) is 18.7 Å². The molecule has 2 aromatic rings. The summed E-state index contributed by atoms with van der Waals surface area (Å²) in [6, 6.07) is 4.33. The Morgan fingerprint density at radius 1 is 1.15 bits per heavy atom. The molecule has 9 heteroatoms. The molecular weight excluding hydrogens is 423 g/mol. The zero-order valence-electron chi connectivity index (χ0n) is 19.3. The van der Waals surface area contributed by atoms with Gasteiger partial charge in [-0.3, -0.25) is 9.88 Å². The van der Waals surface area contributed by atoms with Crippen LogP contribution in [0.3, 0.4) is 0 Å². The molecule has 4 rings (SSSR count). The number of hydrogen-bond donors (Lipinski definition) is 3. The second kappa shape index (κ2) is 11.7. The summed E-state index contributed by atoms with van der Waals surface area (Å²) in [5, 5.41) is 16.4. The maximum absolute atomic E-state index is 13.7. The number of halogens is 1. The Morgan fingerprint density at radius 3 is 2.64 bits per heavy atom. The van der Waals surface area contributed by atoms with Gasteiger partial charge in [0.05, 0.1) is 30.6 Å². The maximum Gasteiger partial charge on any atom is 0.224 e. The van der Waals surface area contributed by atoms with E-state index in [1.54, 1.807) is 6.20 Å². The van der Waals surface area contributed by atoms with Crippen molar-refractivity contribution in [3.8, 4) is 11.3 Å². The zero-order chi connectivity index (χ0) is 23.0. The second-order valence-corrected chi connectivity index (χ2v) is 8.93. The van der Waals surface area contributed by atoms with Crippen LogP contribution in [0.5, 0.6) is 0 Å². The zero-order valence-corrected chi connectivity index (χ0v) is 19.3. The van der Waals surface area contributed by atoms with Gasteiger partial charge in [0.25, 0.3) is 0 Å². The van der Waals surface area contributed by atoms with Gasteiger partial charge in [-0.05, 0) is 43.7 Å². The number of anilines is 2. The van der Waals surface area contributed by atoms with Gasteiger partial charge in [0.2, 0.25) is 5.95 Å². The summed E-state index contributed by atoms with van der Waals surface area (Å²) in [6.07, 6.45) is 6.25. The third-order valence-corrected chi connectivity index (χ3v) is 6.36. The fourth-order valence-electron chi connectivity index (χ4n) is 4.22. The minimum Gasteiger partial charge on any atom is -0.393 e. The fourth-order valence-corrected chi connectivity index (χ4v) is 4.22. The summed E-state index contributed by atoms with van der Waals surface area (Å²) in [7, 11) is 0. The van der Waals surface area contributed by atoms with Crippen LogP contribution in [0.1, 0.15) is 44.6 Å². The van der Waals surface area contributed by atoms with Crippen molar-refractivity contribution in [1.29, 1.82) is 0 Å². The van der Waals surface area contributed by atoms with Gasteiger partial charge in [-0.25, -0.2) is 9.37 Å². The van der Waals surface area contributed by atoms with Gasteiger partial charge in [0, 0.05) is 44.6 Å². The highest BCUT2D eigenvalue weighted by atomic mass is 19.1. The third-order valence-electron chi connectivity index (χ3n) is 6.36. The van der Waals surface area contributed by atoms with Gasteiger partial charge in [0.15, 0.2) is 0 Å². The molecule has 0 aromatic carbocycles. The molecule has 3 heterocycles. The van der Waals surface area contributed by atoms with E-state index >= 15 is 0 Å². The first kappa shape index (κ1) is 23.8. The summed E-state index contributed by atoms with van der Waals surface area (Å²) in [6.45, 7) is 6.27. The number of alkyl halides is 1. The van der Waals surface area contributed by atoms with E-state index in [2.05, 4.69) is 31.6 Å². The molecule has 1 aliphatic carbocycles. The van der Waals surface area contributed by atoms with Gasteiger partial charge >= 0.3 is 0 Å². The predicted octanol–water partition coefficient (Wildman–Crippen LogP) is 3.25. The van der Waals surface area contributed by atoms with Crippen molar-refractivity contribution < 1.29 is 14.2 Å². The first-order valence-electron chi connectivity index (χ1n) is 12.1. The number of hydrogen-bond acceptors (Lipinski definition) is 8. The molecule has 0 bridgehead atoms. The van der Waals surface area contributed by atoms with Crippen molar-refractivity contribution in [1.82, 2.24) is 19.9 Å². The molecular formula is C24H35FN6O2. The number of nitrogens with zero attached hydrogens (tertiary/aromatic N) is 4.